The highest BCUT2D eigenvalue weighted by atomic mass is 28.2. The second kappa shape index (κ2) is 14.6. The molecule has 42 heavy (non-hydrogen) atoms. The molecular weight excluding hydrogens is 545 g/mol. The van der Waals surface area contributed by atoms with E-state index in [0.29, 0.717) is 0 Å². The third-order valence-electron chi connectivity index (χ3n) is 8.16. The van der Waals surface area contributed by atoms with Gasteiger partial charge in [0.05, 0.1) is 0 Å². The Kier molecular flexibility index (Phi) is 10.4. The van der Waals surface area contributed by atoms with E-state index in [9.17, 15) is 0 Å². The molecule has 5 aromatic rings. The van der Waals surface area contributed by atoms with Crippen LogP contribution in [0, 0.1) is 0 Å². The largest absolute Gasteiger partial charge is 0.405 e. The summed E-state index contributed by atoms with van der Waals surface area (Å²) in [7, 11) is -2.00. The zero-order valence-corrected chi connectivity index (χ0v) is 27.7. The third kappa shape index (κ3) is 6.74. The van der Waals surface area contributed by atoms with Gasteiger partial charge in [-0.2, -0.15) is 0 Å². The molecule has 0 heterocycles. The van der Waals surface area contributed by atoms with Crippen LogP contribution in [-0.2, 0) is 20.1 Å². The van der Waals surface area contributed by atoms with Gasteiger partial charge in [-0.05, 0) is 45.5 Å². The van der Waals surface area contributed by atoms with Gasteiger partial charge >= 0.3 is 0 Å². The van der Waals surface area contributed by atoms with Crippen LogP contribution in [0.5, 0.6) is 0 Å². The molecule has 0 aliphatic heterocycles. The van der Waals surface area contributed by atoms with Gasteiger partial charge in [-0.1, -0.05) is 172 Å². The quantitative estimate of drug-likeness (QED) is 0.136. The molecule has 0 amide bonds. The van der Waals surface area contributed by atoms with E-state index >= 15 is 0 Å². The van der Waals surface area contributed by atoms with Crippen LogP contribution in [0.25, 0.3) is 0 Å². The molecule has 0 radical (unpaired) electrons. The smallest absolute Gasteiger partial charge is 0.193 e. The Balaban J connectivity index is 1.36. The molecular formula is C38H42O2Si2. The Labute approximate surface area is 256 Å². The summed E-state index contributed by atoms with van der Waals surface area (Å²) >= 11 is 0. The Morgan fingerprint density at radius 2 is 0.667 bits per heavy atom. The molecule has 0 N–H and O–H groups in total. The molecule has 2 nitrogen and oxygen atoms in total. The highest BCUT2D eigenvalue weighted by molar-refractivity contribution is 6.49. The van der Waals surface area contributed by atoms with Crippen LogP contribution in [0.15, 0.2) is 146 Å². The van der Waals surface area contributed by atoms with Crippen molar-refractivity contribution in [1.29, 1.82) is 0 Å². The predicted molar refractivity (Wildman–Crippen MR) is 182 cm³/mol. The second-order valence-electron chi connectivity index (χ2n) is 11.0. The zero-order chi connectivity index (χ0) is 29.1. The van der Waals surface area contributed by atoms with Gasteiger partial charge in [-0.15, -0.1) is 0 Å². The van der Waals surface area contributed by atoms with Crippen molar-refractivity contribution in [1.82, 2.24) is 0 Å². The van der Waals surface area contributed by atoms with Crippen LogP contribution in [0.1, 0.15) is 61.8 Å². The standard InChI is InChI=1S/C38H42O2Si2/c1-3-29-37(31-17-9-5-10-18-31,32-19-11-6-12-20-32)39-41-35-25-27-36(28-26-35)42-40-38(30-4-2,33-21-13-7-14-22-33)34-23-15-8-16-24-34/h5-28H,3-4,29-30,41-42H2,1-2H3. The van der Waals surface area contributed by atoms with E-state index in [4.69, 9.17) is 8.85 Å². The summed E-state index contributed by atoms with van der Waals surface area (Å²) in [6, 6.07) is 52.1. The first kappa shape index (κ1) is 29.9. The molecule has 5 rings (SSSR count). The minimum Gasteiger partial charge on any atom is -0.405 e. The van der Waals surface area contributed by atoms with Crippen LogP contribution < -0.4 is 10.4 Å². The monoisotopic (exact) mass is 586 g/mol. The Hall–Kier alpha value is -3.55. The van der Waals surface area contributed by atoms with E-state index in [1.807, 2.05) is 0 Å². The highest BCUT2D eigenvalue weighted by Crippen LogP contribution is 2.39. The van der Waals surface area contributed by atoms with E-state index in [1.54, 1.807) is 0 Å². The van der Waals surface area contributed by atoms with Gasteiger partial charge in [0.25, 0.3) is 0 Å². The van der Waals surface area contributed by atoms with Crippen LogP contribution in [0.3, 0.4) is 0 Å². The maximum Gasteiger partial charge on any atom is 0.193 e. The van der Waals surface area contributed by atoms with Crippen molar-refractivity contribution in [3.63, 3.8) is 0 Å². The maximum absolute atomic E-state index is 7.05. The van der Waals surface area contributed by atoms with Gasteiger partial charge < -0.3 is 8.85 Å². The molecule has 4 heteroatoms. The van der Waals surface area contributed by atoms with Crippen LogP contribution in [0.2, 0.25) is 0 Å². The van der Waals surface area contributed by atoms with E-state index in [1.165, 1.54) is 32.6 Å². The lowest BCUT2D eigenvalue weighted by atomic mass is 9.83. The summed E-state index contributed by atoms with van der Waals surface area (Å²) in [6.07, 6.45) is 3.99. The van der Waals surface area contributed by atoms with Crippen molar-refractivity contribution in [2.75, 3.05) is 0 Å². The summed E-state index contributed by atoms with van der Waals surface area (Å²) in [4.78, 5) is 0. The number of benzene rings is 5. The predicted octanol–water partition coefficient (Wildman–Crippen LogP) is 6.63. The van der Waals surface area contributed by atoms with Gasteiger partial charge in [0.15, 0.2) is 19.5 Å². The lowest BCUT2D eigenvalue weighted by molar-refractivity contribution is 0.108. The Morgan fingerprint density at radius 3 is 0.905 bits per heavy atom. The first-order valence-electron chi connectivity index (χ1n) is 15.3. The third-order valence-corrected chi connectivity index (χ3v) is 11.0. The number of hydrogen-bond acceptors (Lipinski definition) is 2. The molecule has 0 aliphatic rings. The van der Waals surface area contributed by atoms with Crippen molar-refractivity contribution in [2.45, 2.75) is 50.7 Å². The highest BCUT2D eigenvalue weighted by Gasteiger charge is 2.35. The van der Waals surface area contributed by atoms with Gasteiger partial charge in [-0.25, -0.2) is 0 Å². The fourth-order valence-corrected chi connectivity index (χ4v) is 8.70. The molecule has 0 bridgehead atoms. The zero-order valence-electron chi connectivity index (χ0n) is 24.9. The van der Waals surface area contributed by atoms with Crippen LogP contribution >= 0.6 is 0 Å². The Bertz CT molecular complexity index is 1280. The summed E-state index contributed by atoms with van der Waals surface area (Å²) in [5.74, 6) is 0. The van der Waals surface area contributed by atoms with Crippen LogP contribution in [-0.4, -0.2) is 19.5 Å². The molecule has 0 fully saturated rings. The summed E-state index contributed by atoms with van der Waals surface area (Å²) in [5, 5.41) is 2.62. The van der Waals surface area contributed by atoms with Crippen LogP contribution in [0.4, 0.5) is 0 Å². The molecule has 0 saturated carbocycles. The fourth-order valence-electron chi connectivity index (χ4n) is 6.07. The summed E-state index contributed by atoms with van der Waals surface area (Å²) in [5.41, 5.74) is 4.08. The lowest BCUT2D eigenvalue weighted by Crippen LogP contribution is -2.37. The van der Waals surface area contributed by atoms with Gasteiger partial charge in [0.2, 0.25) is 0 Å². The Morgan fingerprint density at radius 1 is 0.405 bits per heavy atom. The summed E-state index contributed by atoms with van der Waals surface area (Å²) in [6.45, 7) is 4.49. The molecule has 0 saturated heterocycles. The molecule has 5 aromatic carbocycles. The lowest BCUT2D eigenvalue weighted by Gasteiger charge is -2.36. The van der Waals surface area contributed by atoms with E-state index < -0.39 is 30.7 Å². The van der Waals surface area contributed by atoms with E-state index in [0.717, 1.165) is 25.7 Å². The van der Waals surface area contributed by atoms with Crippen molar-refractivity contribution < 1.29 is 8.85 Å². The van der Waals surface area contributed by atoms with Crippen molar-refractivity contribution in [3.8, 4) is 0 Å². The summed E-state index contributed by atoms with van der Waals surface area (Å²) < 4.78 is 14.1. The SMILES string of the molecule is CCCC(O[SiH2]c1ccc([SiH2]OC(CCC)(c2ccccc2)c2ccccc2)cc1)(c1ccccc1)c1ccccc1. The molecule has 0 atom stereocenters. The first-order valence-corrected chi connectivity index (χ1v) is 17.8. The topological polar surface area (TPSA) is 18.5 Å². The first-order chi connectivity index (χ1) is 20.7. The van der Waals surface area contributed by atoms with Crippen molar-refractivity contribution >= 4 is 29.9 Å². The molecule has 0 aliphatic carbocycles. The average Bonchev–Trinajstić information content (AvgIpc) is 3.07. The number of rotatable bonds is 14. The number of hydrogen-bond donors (Lipinski definition) is 0. The molecule has 0 spiro atoms. The fraction of sp³-hybridized carbons (Fsp3) is 0.211. The molecule has 214 valence electrons. The minimum atomic E-state index is -0.998. The van der Waals surface area contributed by atoms with E-state index in [-0.39, 0.29) is 0 Å². The van der Waals surface area contributed by atoms with Crippen molar-refractivity contribution in [3.05, 3.63) is 168 Å². The second-order valence-corrected chi connectivity index (χ2v) is 13.8. The van der Waals surface area contributed by atoms with Crippen molar-refractivity contribution in [2.24, 2.45) is 0 Å². The van der Waals surface area contributed by atoms with Gasteiger partial charge in [-0.3, -0.25) is 0 Å². The van der Waals surface area contributed by atoms with Gasteiger partial charge in [0, 0.05) is 0 Å². The van der Waals surface area contributed by atoms with E-state index in [2.05, 4.69) is 159 Å². The van der Waals surface area contributed by atoms with Gasteiger partial charge in [0.1, 0.15) is 11.2 Å². The molecule has 0 aromatic heterocycles. The normalized spacial score (nSPS) is 12.4. The maximum atomic E-state index is 7.05. The molecule has 0 unspecified atom stereocenters. The minimum absolute atomic E-state index is 0.425. The average molecular weight is 587 g/mol.